The first kappa shape index (κ1) is 11.8. The Balaban J connectivity index is 2.14. The zero-order valence-electron chi connectivity index (χ0n) is 9.39. The molecule has 0 radical (unpaired) electrons. The molecule has 0 fully saturated rings. The molecule has 0 bridgehead atoms. The minimum atomic E-state index is -0.692. The van der Waals surface area contributed by atoms with Crippen molar-refractivity contribution in [2.45, 2.75) is 32.7 Å². The number of imidazole rings is 1. The molecule has 1 unspecified atom stereocenters. The van der Waals surface area contributed by atoms with Crippen LogP contribution in [0.5, 0.6) is 0 Å². The molecule has 1 N–H and O–H groups in total. The molecule has 1 aromatic heterocycles. The maximum Gasteiger partial charge on any atom is 0.306 e. The number of hydrogen-bond acceptors (Lipinski definition) is 1. The molecule has 0 aliphatic rings. The van der Waals surface area contributed by atoms with Crippen LogP contribution in [0.4, 0.5) is 0 Å². The van der Waals surface area contributed by atoms with Crippen molar-refractivity contribution in [1.29, 1.82) is 0 Å². The van der Waals surface area contributed by atoms with Gasteiger partial charge in [0, 0.05) is 0 Å². The van der Waals surface area contributed by atoms with Gasteiger partial charge in [-0.25, -0.2) is 9.13 Å². The largest absolute Gasteiger partial charge is 0.481 e. The number of hydrogen-bond donors (Lipinski definition) is 1. The van der Waals surface area contributed by atoms with E-state index in [9.17, 15) is 4.79 Å². The van der Waals surface area contributed by atoms with Crippen LogP contribution < -0.4 is 4.57 Å². The Morgan fingerprint density at radius 1 is 1.53 bits per heavy atom. The summed E-state index contributed by atoms with van der Waals surface area (Å²) in [5.74, 6) is -0.909. The van der Waals surface area contributed by atoms with E-state index in [0.717, 1.165) is 25.8 Å². The van der Waals surface area contributed by atoms with Gasteiger partial charge in [0.2, 0.25) is 6.33 Å². The standard InChI is InChI=1S/C11H18N2O2/c1-10(11(14)15)5-3-4-6-13-8-7-12(2)9-13/h7-10H,3-6H2,1-2H3/p+1. The van der Waals surface area contributed by atoms with E-state index in [1.54, 1.807) is 6.92 Å². The second-order valence-electron chi connectivity index (χ2n) is 4.05. The van der Waals surface area contributed by atoms with Crippen LogP contribution in [0.25, 0.3) is 0 Å². The summed E-state index contributed by atoms with van der Waals surface area (Å²) in [5.41, 5.74) is 0. The minimum absolute atomic E-state index is 0.217. The number of unbranched alkanes of at least 4 members (excludes halogenated alkanes) is 1. The van der Waals surface area contributed by atoms with Crippen LogP contribution in [0.1, 0.15) is 26.2 Å². The van der Waals surface area contributed by atoms with Crippen molar-refractivity contribution in [2.75, 3.05) is 0 Å². The molecular formula is C11H19N2O2+. The highest BCUT2D eigenvalue weighted by Gasteiger charge is 2.10. The summed E-state index contributed by atoms with van der Waals surface area (Å²) in [4.78, 5) is 10.6. The summed E-state index contributed by atoms with van der Waals surface area (Å²) < 4.78 is 4.12. The lowest BCUT2D eigenvalue weighted by Gasteiger charge is -2.04. The Morgan fingerprint density at radius 2 is 2.27 bits per heavy atom. The lowest BCUT2D eigenvalue weighted by Crippen LogP contribution is -2.23. The van der Waals surface area contributed by atoms with E-state index >= 15 is 0 Å². The number of carboxylic acids is 1. The molecule has 0 aliphatic heterocycles. The normalized spacial score (nSPS) is 12.7. The lowest BCUT2D eigenvalue weighted by molar-refractivity contribution is -0.671. The molecule has 4 nitrogen and oxygen atoms in total. The zero-order chi connectivity index (χ0) is 11.3. The topological polar surface area (TPSA) is 46.1 Å². The third kappa shape index (κ3) is 4.14. The van der Waals surface area contributed by atoms with E-state index in [1.807, 2.05) is 30.3 Å². The second kappa shape index (κ2) is 5.53. The van der Waals surface area contributed by atoms with Crippen LogP contribution in [0.3, 0.4) is 0 Å². The number of aromatic nitrogens is 2. The predicted octanol–water partition coefficient (Wildman–Crippen LogP) is 1.20. The number of aryl methyl sites for hydroxylation is 2. The van der Waals surface area contributed by atoms with Gasteiger partial charge in [0.1, 0.15) is 12.4 Å². The molecule has 0 aliphatic carbocycles. The van der Waals surface area contributed by atoms with Crippen molar-refractivity contribution < 1.29 is 14.5 Å². The van der Waals surface area contributed by atoms with Gasteiger partial charge in [-0.05, 0) is 19.3 Å². The van der Waals surface area contributed by atoms with Crippen LogP contribution in [-0.4, -0.2) is 15.6 Å². The maximum atomic E-state index is 10.6. The van der Waals surface area contributed by atoms with Gasteiger partial charge in [-0.15, -0.1) is 0 Å². The molecule has 84 valence electrons. The highest BCUT2D eigenvalue weighted by molar-refractivity contribution is 5.69. The highest BCUT2D eigenvalue weighted by atomic mass is 16.4. The van der Waals surface area contributed by atoms with Crippen molar-refractivity contribution in [3.05, 3.63) is 18.7 Å². The lowest BCUT2D eigenvalue weighted by atomic mass is 10.0. The SMILES string of the molecule is CC(CCCCn1cc[n+](C)c1)C(=O)O. The Labute approximate surface area is 90.2 Å². The molecule has 1 rings (SSSR count). The quantitative estimate of drug-likeness (QED) is 0.567. The van der Waals surface area contributed by atoms with Gasteiger partial charge in [0.25, 0.3) is 0 Å². The Kier molecular flexibility index (Phi) is 4.34. The van der Waals surface area contributed by atoms with Crippen molar-refractivity contribution >= 4 is 5.97 Å². The summed E-state index contributed by atoms with van der Waals surface area (Å²) in [5, 5.41) is 8.69. The second-order valence-corrected chi connectivity index (χ2v) is 4.05. The van der Waals surface area contributed by atoms with E-state index in [1.165, 1.54) is 0 Å². The molecule has 0 amide bonds. The van der Waals surface area contributed by atoms with Crippen molar-refractivity contribution in [1.82, 2.24) is 4.57 Å². The predicted molar refractivity (Wildman–Crippen MR) is 56.3 cm³/mol. The fourth-order valence-electron chi connectivity index (χ4n) is 1.50. The van der Waals surface area contributed by atoms with E-state index in [-0.39, 0.29) is 5.92 Å². The monoisotopic (exact) mass is 211 g/mol. The highest BCUT2D eigenvalue weighted by Crippen LogP contribution is 2.08. The van der Waals surface area contributed by atoms with Crippen molar-refractivity contribution in [3.8, 4) is 0 Å². The van der Waals surface area contributed by atoms with Crippen LogP contribution in [0, 0.1) is 5.92 Å². The third-order valence-corrected chi connectivity index (χ3v) is 2.55. The average Bonchev–Trinajstić information content (AvgIpc) is 2.58. The van der Waals surface area contributed by atoms with Gasteiger partial charge >= 0.3 is 5.97 Å². The smallest absolute Gasteiger partial charge is 0.306 e. The molecule has 0 saturated heterocycles. The molecule has 4 heteroatoms. The molecule has 0 saturated carbocycles. The van der Waals surface area contributed by atoms with Gasteiger partial charge in [0.05, 0.1) is 19.5 Å². The third-order valence-electron chi connectivity index (χ3n) is 2.55. The molecule has 1 atom stereocenters. The number of carboxylic acid groups (broad SMARTS) is 1. The zero-order valence-corrected chi connectivity index (χ0v) is 9.39. The summed E-state index contributed by atoms with van der Waals surface area (Å²) in [6, 6.07) is 0. The van der Waals surface area contributed by atoms with Gasteiger partial charge < -0.3 is 5.11 Å². The maximum absolute atomic E-state index is 10.6. The van der Waals surface area contributed by atoms with Crippen LogP contribution in [0.15, 0.2) is 18.7 Å². The fraction of sp³-hybridized carbons (Fsp3) is 0.636. The fourth-order valence-corrected chi connectivity index (χ4v) is 1.50. The van der Waals surface area contributed by atoms with Gasteiger partial charge in [-0.1, -0.05) is 6.92 Å². The van der Waals surface area contributed by atoms with E-state index in [2.05, 4.69) is 4.57 Å². The molecule has 0 spiro atoms. The summed E-state index contributed by atoms with van der Waals surface area (Å²) in [6.07, 6.45) is 8.82. The van der Waals surface area contributed by atoms with Gasteiger partial charge in [-0.2, -0.15) is 0 Å². The number of rotatable bonds is 6. The molecule has 1 heterocycles. The number of nitrogens with zero attached hydrogens (tertiary/aromatic N) is 2. The Bertz CT molecular complexity index is 320. The van der Waals surface area contributed by atoms with E-state index < -0.39 is 5.97 Å². The molecule has 0 aromatic carbocycles. The first-order valence-corrected chi connectivity index (χ1v) is 5.33. The van der Waals surface area contributed by atoms with E-state index in [4.69, 9.17) is 5.11 Å². The summed E-state index contributed by atoms with van der Waals surface area (Å²) in [7, 11) is 1.99. The molecule has 1 aromatic rings. The van der Waals surface area contributed by atoms with Gasteiger partial charge in [-0.3, -0.25) is 4.79 Å². The first-order valence-electron chi connectivity index (χ1n) is 5.33. The molecule has 15 heavy (non-hydrogen) atoms. The van der Waals surface area contributed by atoms with Crippen LogP contribution in [0.2, 0.25) is 0 Å². The molecular weight excluding hydrogens is 192 g/mol. The number of carbonyl (C=O) groups is 1. The van der Waals surface area contributed by atoms with Gasteiger partial charge in [0.15, 0.2) is 0 Å². The van der Waals surface area contributed by atoms with Crippen molar-refractivity contribution in [3.63, 3.8) is 0 Å². The summed E-state index contributed by atoms with van der Waals surface area (Å²) >= 11 is 0. The Hall–Kier alpha value is -1.32. The van der Waals surface area contributed by atoms with Crippen molar-refractivity contribution in [2.24, 2.45) is 13.0 Å². The average molecular weight is 211 g/mol. The first-order chi connectivity index (χ1) is 7.09. The van der Waals surface area contributed by atoms with Crippen LogP contribution in [-0.2, 0) is 18.4 Å². The summed E-state index contributed by atoms with van der Waals surface area (Å²) in [6.45, 7) is 2.73. The number of aliphatic carboxylic acids is 1. The van der Waals surface area contributed by atoms with E-state index in [0.29, 0.717) is 0 Å². The minimum Gasteiger partial charge on any atom is -0.481 e. The van der Waals surface area contributed by atoms with Crippen LogP contribution >= 0.6 is 0 Å². The Morgan fingerprint density at radius 3 is 2.80 bits per heavy atom.